The maximum Gasteiger partial charge on any atom is 0.310 e. The Morgan fingerprint density at radius 3 is 2.22 bits per heavy atom. The van der Waals surface area contributed by atoms with E-state index in [1.165, 1.54) is 32.1 Å². The molecule has 0 aliphatic carbocycles. The van der Waals surface area contributed by atoms with Gasteiger partial charge in [-0.3, -0.25) is 9.69 Å². The van der Waals surface area contributed by atoms with Crippen LogP contribution < -0.4 is 0 Å². The van der Waals surface area contributed by atoms with E-state index in [4.69, 9.17) is 4.74 Å². The summed E-state index contributed by atoms with van der Waals surface area (Å²) in [5.74, 6) is 0.770. The van der Waals surface area contributed by atoms with Crippen LogP contribution in [0.2, 0.25) is 0 Å². The number of carbonyl (C=O) groups is 1. The normalized spacial score (nSPS) is 20.2. The van der Waals surface area contributed by atoms with Gasteiger partial charge in [-0.05, 0) is 47.2 Å². The quantitative estimate of drug-likeness (QED) is 0.417. The summed E-state index contributed by atoms with van der Waals surface area (Å²) in [4.78, 5) is 14.4. The molecule has 0 radical (unpaired) electrons. The van der Waals surface area contributed by atoms with Crippen LogP contribution in [0.4, 0.5) is 0 Å². The number of ether oxygens (including phenoxy) is 1. The van der Waals surface area contributed by atoms with Crippen LogP contribution in [-0.4, -0.2) is 29.0 Å². The molecule has 0 amide bonds. The topological polar surface area (TPSA) is 29.5 Å². The summed E-state index contributed by atoms with van der Waals surface area (Å²) in [5.41, 5.74) is -0.0796. The van der Waals surface area contributed by atoms with Crippen molar-refractivity contribution in [1.29, 1.82) is 0 Å². The van der Waals surface area contributed by atoms with Crippen LogP contribution in [0.15, 0.2) is 11.8 Å². The molecular weight excluding hydrogens is 286 g/mol. The molecule has 1 aliphatic heterocycles. The van der Waals surface area contributed by atoms with Crippen LogP contribution in [0.3, 0.4) is 0 Å². The summed E-state index contributed by atoms with van der Waals surface area (Å²) in [6.07, 6.45) is 12.0. The Morgan fingerprint density at radius 2 is 1.65 bits per heavy atom. The maximum atomic E-state index is 12.1. The number of nitrogens with zero attached hydrogens (tertiary/aromatic N) is 1. The third-order valence-corrected chi connectivity index (χ3v) is 5.12. The van der Waals surface area contributed by atoms with E-state index in [0.717, 1.165) is 25.0 Å². The first-order chi connectivity index (χ1) is 10.7. The van der Waals surface area contributed by atoms with Gasteiger partial charge >= 0.3 is 5.97 Å². The first-order valence-electron chi connectivity index (χ1n) is 9.35. The molecule has 0 aromatic rings. The minimum atomic E-state index is -0.0867. The molecule has 3 heteroatoms. The average molecular weight is 324 g/mol. The Kier molecular flexibility index (Phi) is 7.79. The molecule has 0 spiro atoms. The Morgan fingerprint density at radius 1 is 1.09 bits per heavy atom. The van der Waals surface area contributed by atoms with Crippen molar-refractivity contribution >= 4 is 5.97 Å². The monoisotopic (exact) mass is 323 g/mol. The highest BCUT2D eigenvalue weighted by Crippen LogP contribution is 2.36. The molecule has 0 aromatic heterocycles. The lowest BCUT2D eigenvalue weighted by Crippen LogP contribution is -2.55. The van der Waals surface area contributed by atoms with Crippen molar-refractivity contribution in [2.75, 3.05) is 7.05 Å². The summed E-state index contributed by atoms with van der Waals surface area (Å²) < 4.78 is 5.65. The predicted octanol–water partition coefficient (Wildman–Crippen LogP) is 5.45. The molecule has 0 saturated carbocycles. The number of hydrogen-bond donors (Lipinski definition) is 0. The molecule has 3 nitrogen and oxygen atoms in total. The standard InChI is InChI=1S/C20H37NO2/c1-7-8-9-10-11-12-13-14-18(22)23-17-15-19(2,3)21(6)20(4,5)16-17/h15H,7-14,16H2,1-6H3. The molecule has 0 aromatic carbocycles. The van der Waals surface area contributed by atoms with Crippen molar-refractivity contribution in [3.8, 4) is 0 Å². The van der Waals surface area contributed by atoms with Crippen molar-refractivity contribution in [3.05, 3.63) is 11.8 Å². The van der Waals surface area contributed by atoms with Gasteiger partial charge in [0.05, 0.1) is 0 Å². The zero-order valence-electron chi connectivity index (χ0n) is 16.2. The number of esters is 1. The second-order valence-electron chi connectivity index (χ2n) is 8.16. The van der Waals surface area contributed by atoms with Crippen molar-refractivity contribution < 1.29 is 9.53 Å². The lowest BCUT2D eigenvalue weighted by Gasteiger charge is -2.48. The van der Waals surface area contributed by atoms with Gasteiger partial charge in [0.1, 0.15) is 5.76 Å². The lowest BCUT2D eigenvalue weighted by molar-refractivity contribution is -0.140. The molecule has 23 heavy (non-hydrogen) atoms. The van der Waals surface area contributed by atoms with Crippen LogP contribution in [0.5, 0.6) is 0 Å². The lowest BCUT2D eigenvalue weighted by atomic mass is 9.85. The second-order valence-corrected chi connectivity index (χ2v) is 8.16. The summed E-state index contributed by atoms with van der Waals surface area (Å²) in [6, 6.07) is 0. The highest BCUT2D eigenvalue weighted by Gasteiger charge is 2.39. The third-order valence-electron chi connectivity index (χ3n) is 5.12. The van der Waals surface area contributed by atoms with E-state index in [0.29, 0.717) is 6.42 Å². The Bertz CT molecular complexity index is 410. The van der Waals surface area contributed by atoms with Gasteiger partial charge in [0.15, 0.2) is 0 Å². The fourth-order valence-corrected chi connectivity index (χ4v) is 3.36. The van der Waals surface area contributed by atoms with E-state index in [9.17, 15) is 4.79 Å². The first-order valence-corrected chi connectivity index (χ1v) is 9.35. The van der Waals surface area contributed by atoms with E-state index >= 15 is 0 Å². The highest BCUT2D eigenvalue weighted by atomic mass is 16.5. The molecule has 1 heterocycles. The number of hydrogen-bond acceptors (Lipinski definition) is 3. The minimum Gasteiger partial charge on any atom is -0.431 e. The number of carbonyl (C=O) groups excluding carboxylic acids is 1. The predicted molar refractivity (Wildman–Crippen MR) is 97.3 cm³/mol. The van der Waals surface area contributed by atoms with Gasteiger partial charge < -0.3 is 4.74 Å². The van der Waals surface area contributed by atoms with Crippen LogP contribution in [-0.2, 0) is 9.53 Å². The molecule has 0 N–H and O–H groups in total. The largest absolute Gasteiger partial charge is 0.431 e. The van der Waals surface area contributed by atoms with Crippen molar-refractivity contribution in [1.82, 2.24) is 4.90 Å². The van der Waals surface area contributed by atoms with Crippen LogP contribution >= 0.6 is 0 Å². The van der Waals surface area contributed by atoms with Gasteiger partial charge in [-0.2, -0.15) is 0 Å². The SMILES string of the molecule is CCCCCCCCCC(=O)OC1=CC(C)(C)N(C)C(C)(C)C1. The summed E-state index contributed by atoms with van der Waals surface area (Å²) in [6.45, 7) is 11.0. The van der Waals surface area contributed by atoms with Gasteiger partial charge in [0.2, 0.25) is 0 Å². The van der Waals surface area contributed by atoms with Gasteiger partial charge in [-0.1, -0.05) is 45.4 Å². The second kappa shape index (κ2) is 8.86. The van der Waals surface area contributed by atoms with Gasteiger partial charge in [-0.25, -0.2) is 0 Å². The first kappa shape index (κ1) is 20.2. The average Bonchev–Trinajstić information content (AvgIpc) is 2.43. The highest BCUT2D eigenvalue weighted by molar-refractivity contribution is 5.70. The summed E-state index contributed by atoms with van der Waals surface area (Å²) in [7, 11) is 2.13. The number of rotatable bonds is 9. The summed E-state index contributed by atoms with van der Waals surface area (Å²) >= 11 is 0. The van der Waals surface area contributed by atoms with Crippen molar-refractivity contribution in [2.24, 2.45) is 0 Å². The molecule has 134 valence electrons. The van der Waals surface area contributed by atoms with E-state index in [1.807, 2.05) is 0 Å². The molecule has 0 atom stereocenters. The fraction of sp³-hybridized carbons (Fsp3) is 0.850. The summed E-state index contributed by atoms with van der Waals surface area (Å²) in [5, 5.41) is 0. The molecule has 1 rings (SSSR count). The molecule has 0 fully saturated rings. The molecule has 0 bridgehead atoms. The zero-order chi connectivity index (χ0) is 17.5. The van der Waals surface area contributed by atoms with Gasteiger partial charge in [-0.15, -0.1) is 0 Å². The molecular formula is C20H37NO2. The zero-order valence-corrected chi connectivity index (χ0v) is 16.2. The van der Waals surface area contributed by atoms with Crippen molar-refractivity contribution in [2.45, 2.75) is 103 Å². The van der Waals surface area contributed by atoms with Crippen LogP contribution in [0.1, 0.15) is 92.4 Å². The van der Waals surface area contributed by atoms with Crippen LogP contribution in [0, 0.1) is 0 Å². The van der Waals surface area contributed by atoms with Crippen LogP contribution in [0.25, 0.3) is 0 Å². The fourth-order valence-electron chi connectivity index (χ4n) is 3.36. The molecule has 1 aliphatic rings. The van der Waals surface area contributed by atoms with E-state index < -0.39 is 0 Å². The minimum absolute atomic E-state index is 0.00708. The smallest absolute Gasteiger partial charge is 0.310 e. The number of unbranched alkanes of at least 4 members (excludes halogenated alkanes) is 6. The van der Waals surface area contributed by atoms with E-state index in [1.54, 1.807) is 0 Å². The molecule has 0 saturated heterocycles. The third kappa shape index (κ3) is 6.66. The van der Waals surface area contributed by atoms with E-state index in [2.05, 4.69) is 52.6 Å². The van der Waals surface area contributed by atoms with E-state index in [-0.39, 0.29) is 17.0 Å². The van der Waals surface area contributed by atoms with Crippen molar-refractivity contribution in [3.63, 3.8) is 0 Å². The number of likely N-dealkylation sites (N-methyl/N-ethyl adjacent to an activating group) is 1. The molecule has 0 unspecified atom stereocenters. The Hall–Kier alpha value is -0.830. The van der Waals surface area contributed by atoms with Gasteiger partial charge in [0, 0.05) is 23.9 Å². The maximum absolute atomic E-state index is 12.1. The Labute approximate surface area is 143 Å². The van der Waals surface area contributed by atoms with Gasteiger partial charge in [0.25, 0.3) is 0 Å². The Balaban J connectivity index is 2.34.